The predicted molar refractivity (Wildman–Crippen MR) is 54.0 cm³/mol. The fraction of sp³-hybridized carbons (Fsp3) is 1.00. The summed E-state index contributed by atoms with van der Waals surface area (Å²) in [5, 5.41) is 0. The third-order valence-corrected chi connectivity index (χ3v) is 3.51. The summed E-state index contributed by atoms with van der Waals surface area (Å²) in [5.41, 5.74) is 6.11. The normalized spacial score (nSPS) is 33.2. The van der Waals surface area contributed by atoms with Crippen molar-refractivity contribution in [2.75, 3.05) is 0 Å². The van der Waals surface area contributed by atoms with Crippen molar-refractivity contribution in [1.29, 1.82) is 0 Å². The van der Waals surface area contributed by atoms with E-state index in [0.29, 0.717) is 6.04 Å². The number of hydrogen-bond donors (Lipinski definition) is 1. The van der Waals surface area contributed by atoms with E-state index in [1.807, 2.05) is 0 Å². The molecule has 0 radical (unpaired) electrons. The van der Waals surface area contributed by atoms with Crippen molar-refractivity contribution >= 4 is 0 Å². The second-order valence-electron chi connectivity index (χ2n) is 4.19. The Balaban J connectivity index is 2.46. The maximum Gasteiger partial charge on any atom is 0.00671 e. The van der Waals surface area contributed by atoms with Gasteiger partial charge in [-0.15, -0.1) is 0 Å². The van der Waals surface area contributed by atoms with E-state index in [-0.39, 0.29) is 0 Å². The predicted octanol–water partition coefficient (Wildman–Crippen LogP) is 2.94. The van der Waals surface area contributed by atoms with Crippen LogP contribution in [-0.4, -0.2) is 6.04 Å². The van der Waals surface area contributed by atoms with Crippen molar-refractivity contribution in [2.24, 2.45) is 17.6 Å². The van der Waals surface area contributed by atoms with Gasteiger partial charge in [-0.25, -0.2) is 0 Å². The van der Waals surface area contributed by atoms with E-state index in [0.717, 1.165) is 18.3 Å². The highest BCUT2D eigenvalue weighted by molar-refractivity contribution is 4.81. The highest BCUT2D eigenvalue weighted by Gasteiger charge is 2.27. The lowest BCUT2D eigenvalue weighted by molar-refractivity contribution is 0.193. The van der Waals surface area contributed by atoms with Crippen molar-refractivity contribution in [1.82, 2.24) is 0 Å². The molecular weight excluding hydrogens is 146 g/mol. The average molecular weight is 169 g/mol. The smallest absolute Gasteiger partial charge is 0.00671 e. The van der Waals surface area contributed by atoms with Gasteiger partial charge in [0.1, 0.15) is 0 Å². The maximum absolute atomic E-state index is 6.11. The molecule has 1 aliphatic carbocycles. The Labute approximate surface area is 76.7 Å². The fourth-order valence-electron chi connectivity index (χ4n) is 2.61. The van der Waals surface area contributed by atoms with Crippen molar-refractivity contribution in [3.05, 3.63) is 0 Å². The maximum atomic E-state index is 6.11. The molecule has 3 unspecified atom stereocenters. The molecule has 1 saturated carbocycles. The van der Waals surface area contributed by atoms with E-state index in [2.05, 4.69) is 13.8 Å². The van der Waals surface area contributed by atoms with Crippen LogP contribution in [0.1, 0.15) is 52.4 Å². The summed E-state index contributed by atoms with van der Waals surface area (Å²) in [6, 6.07) is 0.468. The van der Waals surface area contributed by atoms with Gasteiger partial charge in [0.25, 0.3) is 0 Å². The molecule has 1 heteroatoms. The Morgan fingerprint density at radius 3 is 2.50 bits per heavy atom. The zero-order valence-electron chi connectivity index (χ0n) is 8.55. The highest BCUT2D eigenvalue weighted by atomic mass is 14.7. The first-order chi connectivity index (χ1) is 5.79. The number of rotatable bonds is 3. The standard InChI is InChI=1S/C11H23N/c1-3-9-7-5-6-8-10(9)11(12)4-2/h9-11H,3-8,12H2,1-2H3. The van der Waals surface area contributed by atoms with Crippen LogP contribution in [0.3, 0.4) is 0 Å². The molecule has 0 aromatic rings. The molecule has 1 aliphatic rings. The average Bonchev–Trinajstić information content (AvgIpc) is 2.16. The monoisotopic (exact) mass is 169 g/mol. The van der Waals surface area contributed by atoms with Gasteiger partial charge in [0.15, 0.2) is 0 Å². The zero-order valence-corrected chi connectivity index (χ0v) is 8.55. The minimum absolute atomic E-state index is 0.468. The lowest BCUT2D eigenvalue weighted by atomic mass is 9.74. The first-order valence-electron chi connectivity index (χ1n) is 5.55. The summed E-state index contributed by atoms with van der Waals surface area (Å²) in [4.78, 5) is 0. The zero-order chi connectivity index (χ0) is 8.97. The van der Waals surface area contributed by atoms with Crippen LogP contribution in [-0.2, 0) is 0 Å². The van der Waals surface area contributed by atoms with E-state index >= 15 is 0 Å². The number of hydrogen-bond acceptors (Lipinski definition) is 1. The van der Waals surface area contributed by atoms with Crippen LogP contribution >= 0.6 is 0 Å². The summed E-state index contributed by atoms with van der Waals surface area (Å²) in [6.45, 7) is 4.53. The van der Waals surface area contributed by atoms with Crippen LogP contribution in [0.4, 0.5) is 0 Å². The lowest BCUT2D eigenvalue weighted by Crippen LogP contribution is -2.36. The summed E-state index contributed by atoms with van der Waals surface area (Å²) >= 11 is 0. The molecule has 0 bridgehead atoms. The lowest BCUT2D eigenvalue weighted by Gasteiger charge is -2.34. The molecule has 1 nitrogen and oxygen atoms in total. The van der Waals surface area contributed by atoms with E-state index in [1.165, 1.54) is 32.1 Å². The van der Waals surface area contributed by atoms with Crippen molar-refractivity contribution in [3.63, 3.8) is 0 Å². The van der Waals surface area contributed by atoms with Crippen LogP contribution in [0, 0.1) is 11.8 Å². The molecule has 72 valence electrons. The minimum atomic E-state index is 0.468. The van der Waals surface area contributed by atoms with Crippen LogP contribution in [0.15, 0.2) is 0 Å². The van der Waals surface area contributed by atoms with Crippen molar-refractivity contribution < 1.29 is 0 Å². The van der Waals surface area contributed by atoms with Crippen molar-refractivity contribution in [3.8, 4) is 0 Å². The van der Waals surface area contributed by atoms with Gasteiger partial charge < -0.3 is 5.73 Å². The summed E-state index contributed by atoms with van der Waals surface area (Å²) in [6.07, 6.45) is 8.14. The molecule has 12 heavy (non-hydrogen) atoms. The Bertz CT molecular complexity index is 122. The van der Waals surface area contributed by atoms with E-state index in [4.69, 9.17) is 5.73 Å². The van der Waals surface area contributed by atoms with Crippen LogP contribution in [0.5, 0.6) is 0 Å². The Morgan fingerprint density at radius 1 is 1.25 bits per heavy atom. The molecule has 1 rings (SSSR count). The molecule has 0 spiro atoms. The molecule has 1 fully saturated rings. The second kappa shape index (κ2) is 4.86. The second-order valence-corrected chi connectivity index (χ2v) is 4.19. The van der Waals surface area contributed by atoms with Gasteiger partial charge in [-0.3, -0.25) is 0 Å². The Kier molecular flexibility index (Phi) is 4.07. The largest absolute Gasteiger partial charge is 0.327 e. The van der Waals surface area contributed by atoms with Crippen LogP contribution in [0.2, 0.25) is 0 Å². The van der Waals surface area contributed by atoms with Gasteiger partial charge >= 0.3 is 0 Å². The molecular formula is C11H23N. The van der Waals surface area contributed by atoms with Gasteiger partial charge in [0, 0.05) is 6.04 Å². The minimum Gasteiger partial charge on any atom is -0.327 e. The quantitative estimate of drug-likeness (QED) is 0.690. The van der Waals surface area contributed by atoms with Crippen molar-refractivity contribution in [2.45, 2.75) is 58.4 Å². The molecule has 0 aromatic heterocycles. The molecule has 0 amide bonds. The molecule has 3 atom stereocenters. The fourth-order valence-corrected chi connectivity index (χ4v) is 2.61. The summed E-state index contributed by atoms with van der Waals surface area (Å²) in [7, 11) is 0. The topological polar surface area (TPSA) is 26.0 Å². The van der Waals surface area contributed by atoms with Gasteiger partial charge in [-0.1, -0.05) is 39.5 Å². The molecule has 2 N–H and O–H groups in total. The highest BCUT2D eigenvalue weighted by Crippen LogP contribution is 2.34. The molecule has 0 aromatic carbocycles. The Morgan fingerprint density at radius 2 is 1.92 bits per heavy atom. The number of nitrogens with two attached hydrogens (primary N) is 1. The Hall–Kier alpha value is -0.0400. The first kappa shape index (κ1) is 10.0. The SMILES string of the molecule is CCC(N)C1CCCCC1CC. The first-order valence-corrected chi connectivity index (χ1v) is 5.55. The van der Waals surface area contributed by atoms with Gasteiger partial charge in [0.2, 0.25) is 0 Å². The van der Waals surface area contributed by atoms with Gasteiger partial charge in [0.05, 0.1) is 0 Å². The van der Waals surface area contributed by atoms with Crippen LogP contribution in [0.25, 0.3) is 0 Å². The third-order valence-electron chi connectivity index (χ3n) is 3.51. The molecule has 0 heterocycles. The van der Waals surface area contributed by atoms with Gasteiger partial charge in [-0.2, -0.15) is 0 Å². The molecule has 0 saturated heterocycles. The summed E-state index contributed by atoms with van der Waals surface area (Å²) in [5.74, 6) is 1.75. The summed E-state index contributed by atoms with van der Waals surface area (Å²) < 4.78 is 0. The van der Waals surface area contributed by atoms with Crippen LogP contribution < -0.4 is 5.73 Å². The van der Waals surface area contributed by atoms with E-state index < -0.39 is 0 Å². The van der Waals surface area contributed by atoms with E-state index in [9.17, 15) is 0 Å². The third kappa shape index (κ3) is 2.22. The van der Waals surface area contributed by atoms with Gasteiger partial charge in [-0.05, 0) is 24.7 Å². The molecule has 0 aliphatic heterocycles. The van der Waals surface area contributed by atoms with E-state index in [1.54, 1.807) is 0 Å².